The molecule has 0 saturated heterocycles. The predicted octanol–water partition coefficient (Wildman–Crippen LogP) is 2.66. The molecule has 2 N–H and O–H groups in total. The van der Waals surface area contributed by atoms with E-state index in [2.05, 4.69) is 5.32 Å². The van der Waals surface area contributed by atoms with Gasteiger partial charge in [0.15, 0.2) is 17.5 Å². The monoisotopic (exact) mass is 359 g/mol. The Morgan fingerprint density at radius 3 is 2.27 bits per heavy atom. The van der Waals surface area contributed by atoms with Crippen molar-refractivity contribution < 1.29 is 28.9 Å². The van der Waals surface area contributed by atoms with Gasteiger partial charge in [-0.2, -0.15) is 0 Å². The van der Waals surface area contributed by atoms with Gasteiger partial charge in [0.2, 0.25) is 0 Å². The average molecular weight is 359 g/mol. The van der Waals surface area contributed by atoms with Crippen molar-refractivity contribution in [1.82, 2.24) is 5.32 Å². The Bertz CT molecular complexity index is 772. The third-order valence-corrected chi connectivity index (χ3v) is 3.70. The van der Waals surface area contributed by atoms with Gasteiger partial charge in [0.25, 0.3) is 5.91 Å². The van der Waals surface area contributed by atoms with E-state index in [4.69, 9.17) is 14.2 Å². The molecule has 2 aromatic carbocycles. The first-order chi connectivity index (χ1) is 12.5. The highest BCUT2D eigenvalue weighted by atomic mass is 16.5. The van der Waals surface area contributed by atoms with Crippen LogP contribution in [0.4, 0.5) is 0 Å². The summed E-state index contributed by atoms with van der Waals surface area (Å²) in [6, 6.07) is 9.94. The van der Waals surface area contributed by atoms with Gasteiger partial charge in [-0.15, -0.1) is 0 Å². The number of benzene rings is 2. The van der Waals surface area contributed by atoms with Gasteiger partial charge in [-0.1, -0.05) is 12.1 Å². The molecule has 1 atom stereocenters. The van der Waals surface area contributed by atoms with E-state index in [1.54, 1.807) is 36.4 Å². The van der Waals surface area contributed by atoms with Crippen molar-refractivity contribution in [2.45, 2.75) is 13.0 Å². The van der Waals surface area contributed by atoms with Gasteiger partial charge < -0.3 is 24.6 Å². The molecule has 0 saturated carbocycles. The number of carboxylic acid groups (broad SMARTS) is 1. The van der Waals surface area contributed by atoms with Crippen LogP contribution >= 0.6 is 0 Å². The fourth-order valence-corrected chi connectivity index (χ4v) is 2.38. The predicted molar refractivity (Wildman–Crippen MR) is 95.0 cm³/mol. The van der Waals surface area contributed by atoms with E-state index in [-0.39, 0.29) is 5.56 Å². The van der Waals surface area contributed by atoms with E-state index in [1.165, 1.54) is 20.3 Å². The highest BCUT2D eigenvalue weighted by Gasteiger charge is 2.23. The largest absolute Gasteiger partial charge is 0.497 e. The lowest BCUT2D eigenvalue weighted by Crippen LogP contribution is -2.33. The lowest BCUT2D eigenvalue weighted by Gasteiger charge is -2.16. The van der Waals surface area contributed by atoms with Crippen LogP contribution in [0.1, 0.15) is 28.9 Å². The second kappa shape index (κ2) is 8.75. The molecule has 0 radical (unpaired) electrons. The smallest absolute Gasteiger partial charge is 0.330 e. The highest BCUT2D eigenvalue weighted by molar-refractivity contribution is 5.97. The lowest BCUT2D eigenvalue weighted by molar-refractivity contribution is -0.139. The van der Waals surface area contributed by atoms with Gasteiger partial charge in [-0.3, -0.25) is 4.79 Å². The van der Waals surface area contributed by atoms with Crippen molar-refractivity contribution in [3.05, 3.63) is 53.6 Å². The minimum atomic E-state index is -1.19. The standard InChI is InChI=1S/C19H21NO6/c1-4-26-15-10-7-13(11-16(15)25-3)18(21)20-17(19(22)23)12-5-8-14(24-2)9-6-12/h5-11,17H,4H2,1-3H3,(H,20,21)(H,22,23). The Hall–Kier alpha value is -3.22. The number of ether oxygens (including phenoxy) is 3. The Balaban J connectivity index is 2.23. The van der Waals surface area contributed by atoms with Crippen LogP contribution in [0.25, 0.3) is 0 Å². The van der Waals surface area contributed by atoms with Crippen LogP contribution in [0.5, 0.6) is 17.2 Å². The fraction of sp³-hybridized carbons (Fsp3) is 0.263. The molecular formula is C19H21NO6. The molecule has 1 unspecified atom stereocenters. The SMILES string of the molecule is CCOc1ccc(C(=O)NC(C(=O)O)c2ccc(OC)cc2)cc1OC. The first-order valence-corrected chi connectivity index (χ1v) is 7.98. The molecule has 2 aromatic rings. The number of carbonyl (C=O) groups is 2. The molecular weight excluding hydrogens is 338 g/mol. The van der Waals surface area contributed by atoms with Crippen molar-refractivity contribution in [3.63, 3.8) is 0 Å². The van der Waals surface area contributed by atoms with Crippen molar-refractivity contribution in [2.75, 3.05) is 20.8 Å². The lowest BCUT2D eigenvalue weighted by atomic mass is 10.1. The highest BCUT2D eigenvalue weighted by Crippen LogP contribution is 2.28. The summed E-state index contributed by atoms with van der Waals surface area (Å²) in [5.74, 6) is -0.191. The van der Waals surface area contributed by atoms with Crippen LogP contribution in [0.3, 0.4) is 0 Å². The number of nitrogens with one attached hydrogen (secondary N) is 1. The average Bonchev–Trinajstić information content (AvgIpc) is 2.66. The molecule has 26 heavy (non-hydrogen) atoms. The summed E-state index contributed by atoms with van der Waals surface area (Å²) in [6.45, 7) is 2.30. The summed E-state index contributed by atoms with van der Waals surface area (Å²) >= 11 is 0. The first kappa shape index (κ1) is 19.1. The van der Waals surface area contributed by atoms with Gasteiger partial charge in [0.05, 0.1) is 20.8 Å². The van der Waals surface area contributed by atoms with Crippen molar-refractivity contribution in [3.8, 4) is 17.2 Å². The van der Waals surface area contributed by atoms with Gasteiger partial charge in [0, 0.05) is 5.56 Å². The molecule has 2 rings (SSSR count). The third kappa shape index (κ3) is 4.44. The van der Waals surface area contributed by atoms with E-state index in [0.29, 0.717) is 29.4 Å². The molecule has 0 spiro atoms. The van der Waals surface area contributed by atoms with Gasteiger partial charge in [-0.25, -0.2) is 4.79 Å². The molecule has 0 bridgehead atoms. The molecule has 0 aliphatic rings. The summed E-state index contributed by atoms with van der Waals surface area (Å²) in [6.07, 6.45) is 0. The number of carboxylic acids is 1. The summed E-state index contributed by atoms with van der Waals surface area (Å²) in [5.41, 5.74) is 0.703. The molecule has 7 heteroatoms. The van der Waals surface area contributed by atoms with Crippen molar-refractivity contribution in [1.29, 1.82) is 0 Å². The number of rotatable bonds is 8. The van der Waals surface area contributed by atoms with E-state index in [9.17, 15) is 14.7 Å². The summed E-state index contributed by atoms with van der Waals surface area (Å²) in [7, 11) is 2.99. The third-order valence-electron chi connectivity index (χ3n) is 3.70. The van der Waals surface area contributed by atoms with Crippen LogP contribution in [0, 0.1) is 0 Å². The number of aliphatic carboxylic acids is 1. The first-order valence-electron chi connectivity index (χ1n) is 7.98. The maximum Gasteiger partial charge on any atom is 0.330 e. The van der Waals surface area contributed by atoms with E-state index in [0.717, 1.165) is 0 Å². The molecule has 0 aromatic heterocycles. The van der Waals surface area contributed by atoms with Crippen molar-refractivity contribution >= 4 is 11.9 Å². The number of hydrogen-bond donors (Lipinski definition) is 2. The number of carbonyl (C=O) groups excluding carboxylic acids is 1. The molecule has 1 amide bonds. The van der Waals surface area contributed by atoms with Crippen LogP contribution in [0.2, 0.25) is 0 Å². The van der Waals surface area contributed by atoms with E-state index < -0.39 is 17.9 Å². The zero-order valence-electron chi connectivity index (χ0n) is 14.8. The second-order valence-corrected chi connectivity index (χ2v) is 5.32. The number of amides is 1. The van der Waals surface area contributed by atoms with E-state index in [1.807, 2.05) is 6.92 Å². The molecule has 138 valence electrons. The Kier molecular flexibility index (Phi) is 6.43. The maximum atomic E-state index is 12.5. The summed E-state index contributed by atoms with van der Waals surface area (Å²) < 4.78 is 15.7. The molecule has 0 heterocycles. The Labute approximate surface area is 151 Å². The van der Waals surface area contributed by atoms with Crippen LogP contribution in [0.15, 0.2) is 42.5 Å². The van der Waals surface area contributed by atoms with Gasteiger partial charge >= 0.3 is 5.97 Å². The summed E-state index contributed by atoms with van der Waals surface area (Å²) in [4.78, 5) is 24.1. The zero-order valence-corrected chi connectivity index (χ0v) is 14.8. The van der Waals surface area contributed by atoms with Gasteiger partial charge in [-0.05, 0) is 42.8 Å². The Morgan fingerprint density at radius 2 is 1.73 bits per heavy atom. The quantitative estimate of drug-likeness (QED) is 0.753. The maximum absolute atomic E-state index is 12.5. The number of hydrogen-bond acceptors (Lipinski definition) is 5. The number of methoxy groups -OCH3 is 2. The molecule has 0 aliphatic heterocycles. The second-order valence-electron chi connectivity index (χ2n) is 5.32. The van der Waals surface area contributed by atoms with Crippen molar-refractivity contribution in [2.24, 2.45) is 0 Å². The van der Waals surface area contributed by atoms with E-state index >= 15 is 0 Å². The molecule has 0 aliphatic carbocycles. The Morgan fingerprint density at radius 1 is 1.04 bits per heavy atom. The van der Waals surface area contributed by atoms with Crippen LogP contribution in [-0.2, 0) is 4.79 Å². The topological polar surface area (TPSA) is 94.1 Å². The van der Waals surface area contributed by atoms with Crippen LogP contribution < -0.4 is 19.5 Å². The van der Waals surface area contributed by atoms with Gasteiger partial charge in [0.1, 0.15) is 5.75 Å². The molecule has 0 fully saturated rings. The fourth-order valence-electron chi connectivity index (χ4n) is 2.38. The minimum absolute atomic E-state index is 0.269. The van der Waals surface area contributed by atoms with Crippen LogP contribution in [-0.4, -0.2) is 37.8 Å². The summed E-state index contributed by atoms with van der Waals surface area (Å²) in [5, 5.41) is 12.0. The molecule has 7 nitrogen and oxygen atoms in total. The zero-order chi connectivity index (χ0) is 19.1. The normalized spacial score (nSPS) is 11.3. The minimum Gasteiger partial charge on any atom is -0.497 e.